The highest BCUT2D eigenvalue weighted by atomic mass is 16.3. The summed E-state index contributed by atoms with van der Waals surface area (Å²) < 4.78 is 0. The highest BCUT2D eigenvalue weighted by molar-refractivity contribution is 5.82. The Balaban J connectivity index is 1.66. The summed E-state index contributed by atoms with van der Waals surface area (Å²) in [6.07, 6.45) is 1.70. The molecule has 2 N–H and O–H groups in total. The van der Waals surface area contributed by atoms with Crippen LogP contribution in [0.4, 0.5) is 0 Å². The fourth-order valence-electron chi connectivity index (χ4n) is 3.03. The molecular formula is C15H20N2O2. The van der Waals surface area contributed by atoms with Gasteiger partial charge in [0.25, 0.3) is 0 Å². The molecule has 4 heteroatoms. The van der Waals surface area contributed by atoms with E-state index in [4.69, 9.17) is 5.11 Å². The molecule has 0 spiro atoms. The molecule has 2 heterocycles. The first-order valence-electron chi connectivity index (χ1n) is 6.97. The van der Waals surface area contributed by atoms with Crippen LogP contribution in [0, 0.1) is 5.92 Å². The summed E-state index contributed by atoms with van der Waals surface area (Å²) in [7, 11) is 0. The average Bonchev–Trinajstić information content (AvgIpc) is 2.95. The lowest BCUT2D eigenvalue weighted by Gasteiger charge is -2.29. The molecule has 2 atom stereocenters. The van der Waals surface area contributed by atoms with Gasteiger partial charge in [0.15, 0.2) is 0 Å². The van der Waals surface area contributed by atoms with Gasteiger partial charge in [0.05, 0.1) is 6.04 Å². The first-order valence-corrected chi connectivity index (χ1v) is 6.97. The summed E-state index contributed by atoms with van der Waals surface area (Å²) in [6, 6.07) is 8.18. The van der Waals surface area contributed by atoms with Crippen molar-refractivity contribution < 1.29 is 9.90 Å². The lowest BCUT2D eigenvalue weighted by Crippen LogP contribution is -2.48. The van der Waals surface area contributed by atoms with Crippen molar-refractivity contribution in [2.45, 2.75) is 25.4 Å². The van der Waals surface area contributed by atoms with E-state index in [1.807, 2.05) is 17.0 Å². The third-order valence-electron chi connectivity index (χ3n) is 4.24. The second-order valence-corrected chi connectivity index (χ2v) is 5.53. The summed E-state index contributed by atoms with van der Waals surface area (Å²) >= 11 is 0. The van der Waals surface area contributed by atoms with Gasteiger partial charge in [-0.05, 0) is 24.0 Å². The Hall–Kier alpha value is -1.39. The van der Waals surface area contributed by atoms with Crippen LogP contribution in [-0.2, 0) is 17.8 Å². The van der Waals surface area contributed by atoms with E-state index in [0.717, 1.165) is 25.9 Å². The number of nitrogens with one attached hydrogen (secondary N) is 1. The minimum atomic E-state index is -0.104. The highest BCUT2D eigenvalue weighted by Crippen LogP contribution is 2.21. The van der Waals surface area contributed by atoms with Crippen molar-refractivity contribution >= 4 is 5.91 Å². The number of rotatable bonds is 2. The average molecular weight is 260 g/mol. The van der Waals surface area contributed by atoms with E-state index in [0.29, 0.717) is 6.54 Å². The molecule has 1 aromatic carbocycles. The molecule has 0 bridgehead atoms. The van der Waals surface area contributed by atoms with E-state index in [1.165, 1.54) is 11.1 Å². The van der Waals surface area contributed by atoms with Crippen LogP contribution in [-0.4, -0.2) is 41.7 Å². The second-order valence-electron chi connectivity index (χ2n) is 5.53. The summed E-state index contributed by atoms with van der Waals surface area (Å²) in [6.45, 7) is 2.44. The quantitative estimate of drug-likeness (QED) is 0.816. The minimum Gasteiger partial charge on any atom is -0.396 e. The van der Waals surface area contributed by atoms with Gasteiger partial charge in [0.1, 0.15) is 0 Å². The van der Waals surface area contributed by atoms with Crippen molar-refractivity contribution in [1.29, 1.82) is 0 Å². The number of aliphatic hydroxyl groups is 1. The molecule has 4 nitrogen and oxygen atoms in total. The van der Waals surface area contributed by atoms with Crippen molar-refractivity contribution in [2.24, 2.45) is 5.92 Å². The fraction of sp³-hybridized carbons (Fsp3) is 0.533. The van der Waals surface area contributed by atoms with Gasteiger partial charge < -0.3 is 15.3 Å². The Morgan fingerprint density at radius 2 is 2.16 bits per heavy atom. The van der Waals surface area contributed by atoms with Crippen LogP contribution in [0.5, 0.6) is 0 Å². The maximum Gasteiger partial charge on any atom is 0.240 e. The zero-order valence-corrected chi connectivity index (χ0v) is 11.0. The molecular weight excluding hydrogens is 240 g/mol. The summed E-state index contributed by atoms with van der Waals surface area (Å²) in [5.74, 6) is 0.449. The van der Waals surface area contributed by atoms with E-state index >= 15 is 0 Å². The minimum absolute atomic E-state index is 0.104. The number of hydrogen-bond acceptors (Lipinski definition) is 3. The standard InChI is InChI=1S/C15H20N2O2/c18-10-11-5-6-17(9-11)15(19)14-7-12-3-1-2-4-13(12)8-16-14/h1-4,11,14,16,18H,5-10H2. The molecule has 2 aliphatic rings. The summed E-state index contributed by atoms with van der Waals surface area (Å²) in [5.41, 5.74) is 2.57. The Bertz CT molecular complexity index is 475. The van der Waals surface area contributed by atoms with E-state index < -0.39 is 0 Å². The number of nitrogens with zero attached hydrogens (tertiary/aromatic N) is 1. The van der Waals surface area contributed by atoms with Gasteiger partial charge in [-0.3, -0.25) is 4.79 Å². The molecule has 1 saturated heterocycles. The SMILES string of the molecule is O=C(C1Cc2ccccc2CN1)N1CCC(CO)C1. The normalized spacial score (nSPS) is 26.3. The van der Waals surface area contributed by atoms with Gasteiger partial charge in [0.2, 0.25) is 5.91 Å². The van der Waals surface area contributed by atoms with Gasteiger partial charge in [-0.25, -0.2) is 0 Å². The van der Waals surface area contributed by atoms with Gasteiger partial charge in [-0.1, -0.05) is 24.3 Å². The number of aliphatic hydroxyl groups excluding tert-OH is 1. The molecule has 2 unspecified atom stereocenters. The maximum absolute atomic E-state index is 12.5. The van der Waals surface area contributed by atoms with E-state index in [9.17, 15) is 4.79 Å². The molecule has 1 amide bonds. The third kappa shape index (κ3) is 2.51. The Kier molecular flexibility index (Phi) is 3.53. The molecule has 2 aliphatic heterocycles. The largest absolute Gasteiger partial charge is 0.396 e. The van der Waals surface area contributed by atoms with E-state index in [-0.39, 0.29) is 24.5 Å². The fourth-order valence-corrected chi connectivity index (χ4v) is 3.03. The second kappa shape index (κ2) is 5.31. The van der Waals surface area contributed by atoms with Crippen LogP contribution in [0.2, 0.25) is 0 Å². The lowest BCUT2D eigenvalue weighted by molar-refractivity contribution is -0.132. The zero-order chi connectivity index (χ0) is 13.2. The molecule has 102 valence electrons. The molecule has 1 aromatic rings. The molecule has 1 fully saturated rings. The van der Waals surface area contributed by atoms with Crippen molar-refractivity contribution in [2.75, 3.05) is 19.7 Å². The molecule has 19 heavy (non-hydrogen) atoms. The van der Waals surface area contributed by atoms with Crippen LogP contribution in [0.3, 0.4) is 0 Å². The van der Waals surface area contributed by atoms with E-state index in [1.54, 1.807) is 0 Å². The topological polar surface area (TPSA) is 52.6 Å². The molecule has 0 aromatic heterocycles. The Labute approximate surface area is 113 Å². The number of benzene rings is 1. The van der Waals surface area contributed by atoms with Gasteiger partial charge in [-0.2, -0.15) is 0 Å². The first-order chi connectivity index (χ1) is 9.28. The van der Waals surface area contributed by atoms with E-state index in [2.05, 4.69) is 17.4 Å². The van der Waals surface area contributed by atoms with Gasteiger partial charge >= 0.3 is 0 Å². The first kappa shape index (κ1) is 12.6. The number of carbonyl (C=O) groups excluding carboxylic acids is 1. The van der Waals surface area contributed by atoms with Crippen molar-refractivity contribution in [3.8, 4) is 0 Å². The van der Waals surface area contributed by atoms with Crippen molar-refractivity contribution in [3.05, 3.63) is 35.4 Å². The Morgan fingerprint density at radius 3 is 2.89 bits per heavy atom. The maximum atomic E-state index is 12.5. The molecule has 0 radical (unpaired) electrons. The molecule has 0 aliphatic carbocycles. The smallest absolute Gasteiger partial charge is 0.240 e. The molecule has 3 rings (SSSR count). The number of carbonyl (C=O) groups is 1. The van der Waals surface area contributed by atoms with Gasteiger partial charge in [0, 0.05) is 32.2 Å². The molecule has 0 saturated carbocycles. The highest BCUT2D eigenvalue weighted by Gasteiger charge is 2.32. The predicted molar refractivity (Wildman–Crippen MR) is 72.5 cm³/mol. The predicted octanol–water partition coefficient (Wildman–Crippen LogP) is 0.542. The number of fused-ring (bicyclic) bond motifs is 1. The van der Waals surface area contributed by atoms with Crippen molar-refractivity contribution in [3.63, 3.8) is 0 Å². The Morgan fingerprint density at radius 1 is 1.37 bits per heavy atom. The van der Waals surface area contributed by atoms with Crippen LogP contribution in [0.25, 0.3) is 0 Å². The lowest BCUT2D eigenvalue weighted by atomic mass is 9.95. The van der Waals surface area contributed by atoms with Gasteiger partial charge in [-0.15, -0.1) is 0 Å². The van der Waals surface area contributed by atoms with Crippen LogP contribution in [0.1, 0.15) is 17.5 Å². The summed E-state index contributed by atoms with van der Waals surface area (Å²) in [4.78, 5) is 14.3. The monoisotopic (exact) mass is 260 g/mol. The number of amides is 1. The van der Waals surface area contributed by atoms with Crippen LogP contribution < -0.4 is 5.32 Å². The van der Waals surface area contributed by atoms with Crippen LogP contribution >= 0.6 is 0 Å². The van der Waals surface area contributed by atoms with Crippen molar-refractivity contribution in [1.82, 2.24) is 10.2 Å². The summed E-state index contributed by atoms with van der Waals surface area (Å²) in [5, 5.41) is 12.5. The third-order valence-corrected chi connectivity index (χ3v) is 4.24. The zero-order valence-electron chi connectivity index (χ0n) is 11.0. The number of hydrogen-bond donors (Lipinski definition) is 2. The van der Waals surface area contributed by atoms with Crippen LogP contribution in [0.15, 0.2) is 24.3 Å². The number of likely N-dealkylation sites (tertiary alicyclic amines) is 1.